The van der Waals surface area contributed by atoms with Crippen molar-refractivity contribution in [1.82, 2.24) is 15.2 Å². The number of pyridine rings is 1. The average Bonchev–Trinajstić information content (AvgIpc) is 2.48. The molecule has 1 aliphatic heterocycles. The van der Waals surface area contributed by atoms with E-state index in [1.807, 2.05) is 0 Å². The molecule has 0 radical (unpaired) electrons. The second-order valence-corrected chi connectivity index (χ2v) is 5.17. The summed E-state index contributed by atoms with van der Waals surface area (Å²) in [4.78, 5) is 29.6. The van der Waals surface area contributed by atoms with Gasteiger partial charge in [-0.1, -0.05) is 11.6 Å². The molecule has 3 N–H and O–H groups in total. The number of amides is 2. The molecule has 2 rings (SSSR count). The zero-order chi connectivity index (χ0) is 14.7. The van der Waals surface area contributed by atoms with E-state index in [2.05, 4.69) is 10.3 Å². The van der Waals surface area contributed by atoms with Gasteiger partial charge in [0.25, 0.3) is 5.91 Å². The van der Waals surface area contributed by atoms with E-state index in [0.29, 0.717) is 18.8 Å². The summed E-state index contributed by atoms with van der Waals surface area (Å²) in [6.45, 7) is 1.00. The maximum Gasteiger partial charge on any atom is 0.257 e. The Bertz CT molecular complexity index is 535. The Labute approximate surface area is 122 Å². The number of anilines is 1. The van der Waals surface area contributed by atoms with Crippen molar-refractivity contribution in [2.75, 3.05) is 25.9 Å². The minimum Gasteiger partial charge on any atom is -0.397 e. The number of rotatable bonds is 2. The molecule has 1 unspecified atom stereocenters. The number of hydrogen-bond donors (Lipinski definition) is 2. The van der Waals surface area contributed by atoms with Gasteiger partial charge in [0.05, 0.1) is 23.4 Å². The van der Waals surface area contributed by atoms with Crippen LogP contribution >= 0.6 is 11.6 Å². The van der Waals surface area contributed by atoms with Crippen LogP contribution in [-0.4, -0.2) is 41.8 Å². The van der Waals surface area contributed by atoms with Crippen LogP contribution in [-0.2, 0) is 4.79 Å². The van der Waals surface area contributed by atoms with Gasteiger partial charge in [-0.15, -0.1) is 0 Å². The lowest BCUT2D eigenvalue weighted by atomic mass is 9.96. The third-order valence-corrected chi connectivity index (χ3v) is 3.72. The van der Waals surface area contributed by atoms with Gasteiger partial charge in [-0.05, 0) is 18.9 Å². The molecule has 1 saturated heterocycles. The number of halogens is 1. The number of nitrogen functional groups attached to an aromatic ring is 1. The fourth-order valence-electron chi connectivity index (χ4n) is 2.36. The van der Waals surface area contributed by atoms with Gasteiger partial charge in [0.15, 0.2) is 0 Å². The highest BCUT2D eigenvalue weighted by Crippen LogP contribution is 2.22. The van der Waals surface area contributed by atoms with Crippen LogP contribution in [0.4, 0.5) is 5.69 Å². The fraction of sp³-hybridized carbons (Fsp3) is 0.462. The van der Waals surface area contributed by atoms with Crippen LogP contribution in [0.25, 0.3) is 0 Å². The monoisotopic (exact) mass is 296 g/mol. The van der Waals surface area contributed by atoms with Gasteiger partial charge in [0.1, 0.15) is 5.15 Å². The minimum absolute atomic E-state index is 0.0423. The fourth-order valence-corrected chi connectivity index (χ4v) is 2.55. The van der Waals surface area contributed by atoms with E-state index in [1.165, 1.54) is 12.3 Å². The number of hydrogen-bond acceptors (Lipinski definition) is 4. The Morgan fingerprint density at radius 1 is 1.55 bits per heavy atom. The highest BCUT2D eigenvalue weighted by Gasteiger charge is 2.29. The van der Waals surface area contributed by atoms with E-state index in [1.54, 1.807) is 11.9 Å². The molecule has 20 heavy (non-hydrogen) atoms. The Hall–Kier alpha value is -1.82. The third kappa shape index (κ3) is 3.01. The summed E-state index contributed by atoms with van der Waals surface area (Å²) in [5.41, 5.74) is 6.30. The summed E-state index contributed by atoms with van der Waals surface area (Å²) >= 11 is 5.94. The second-order valence-electron chi connectivity index (χ2n) is 4.81. The van der Waals surface area contributed by atoms with Gasteiger partial charge in [-0.2, -0.15) is 0 Å². The van der Waals surface area contributed by atoms with E-state index in [0.717, 1.165) is 12.8 Å². The van der Waals surface area contributed by atoms with E-state index in [9.17, 15) is 9.59 Å². The number of nitrogens with zero attached hydrogens (tertiary/aromatic N) is 2. The van der Waals surface area contributed by atoms with Crippen LogP contribution in [0.15, 0.2) is 12.3 Å². The summed E-state index contributed by atoms with van der Waals surface area (Å²) < 4.78 is 0. The zero-order valence-corrected chi connectivity index (χ0v) is 12.0. The smallest absolute Gasteiger partial charge is 0.257 e. The van der Waals surface area contributed by atoms with E-state index >= 15 is 0 Å². The van der Waals surface area contributed by atoms with Crippen molar-refractivity contribution in [3.8, 4) is 0 Å². The maximum atomic E-state index is 12.4. The Balaban J connectivity index is 2.16. The molecule has 1 aromatic heterocycles. The maximum absolute atomic E-state index is 12.4. The van der Waals surface area contributed by atoms with Crippen molar-refractivity contribution in [3.63, 3.8) is 0 Å². The predicted molar refractivity (Wildman–Crippen MR) is 76.4 cm³/mol. The molecule has 2 heterocycles. The summed E-state index contributed by atoms with van der Waals surface area (Å²) in [5, 5.41) is 2.75. The van der Waals surface area contributed by atoms with Crippen LogP contribution in [0.5, 0.6) is 0 Å². The molecule has 1 aromatic rings. The molecule has 2 amide bonds. The molecule has 108 valence electrons. The summed E-state index contributed by atoms with van der Waals surface area (Å²) in [6, 6.07) is 1.52. The van der Waals surface area contributed by atoms with Gasteiger partial charge in [0, 0.05) is 20.1 Å². The van der Waals surface area contributed by atoms with Crippen molar-refractivity contribution in [2.24, 2.45) is 5.92 Å². The van der Waals surface area contributed by atoms with Crippen LogP contribution in [0.2, 0.25) is 5.15 Å². The Morgan fingerprint density at radius 3 is 3.00 bits per heavy atom. The van der Waals surface area contributed by atoms with Crippen LogP contribution in [0.3, 0.4) is 0 Å². The van der Waals surface area contributed by atoms with Gasteiger partial charge in [-0.3, -0.25) is 9.59 Å². The first-order valence-electron chi connectivity index (χ1n) is 6.44. The first-order valence-corrected chi connectivity index (χ1v) is 6.82. The molecule has 0 spiro atoms. The van der Waals surface area contributed by atoms with E-state index in [-0.39, 0.29) is 28.4 Å². The lowest BCUT2D eigenvalue weighted by molar-refractivity contribution is -0.125. The van der Waals surface area contributed by atoms with E-state index in [4.69, 9.17) is 17.3 Å². The number of nitrogens with two attached hydrogens (primary N) is 1. The summed E-state index contributed by atoms with van der Waals surface area (Å²) in [5.74, 6) is -0.451. The van der Waals surface area contributed by atoms with Crippen LogP contribution < -0.4 is 11.1 Å². The third-order valence-electron chi connectivity index (χ3n) is 3.42. The highest BCUT2D eigenvalue weighted by molar-refractivity contribution is 6.32. The second kappa shape index (κ2) is 6.09. The molecule has 0 aromatic carbocycles. The number of carbonyl (C=O) groups is 2. The quantitative estimate of drug-likeness (QED) is 0.794. The average molecular weight is 297 g/mol. The minimum atomic E-state index is -0.233. The Morgan fingerprint density at radius 2 is 2.30 bits per heavy atom. The number of carbonyl (C=O) groups excluding carboxylic acids is 2. The zero-order valence-electron chi connectivity index (χ0n) is 11.2. The van der Waals surface area contributed by atoms with Gasteiger partial charge in [0.2, 0.25) is 5.91 Å². The SMILES string of the molecule is CNC(=O)C1CCCN(C(=O)c2cc(N)cnc2Cl)C1. The van der Waals surface area contributed by atoms with Crippen molar-refractivity contribution >= 4 is 29.1 Å². The normalized spacial score (nSPS) is 18.7. The van der Waals surface area contributed by atoms with Crippen molar-refractivity contribution in [2.45, 2.75) is 12.8 Å². The van der Waals surface area contributed by atoms with Crippen molar-refractivity contribution in [1.29, 1.82) is 0 Å². The van der Waals surface area contributed by atoms with Gasteiger partial charge >= 0.3 is 0 Å². The molecule has 7 heteroatoms. The first-order chi connectivity index (χ1) is 9.52. The van der Waals surface area contributed by atoms with Gasteiger partial charge < -0.3 is 16.0 Å². The number of aromatic nitrogens is 1. The van der Waals surface area contributed by atoms with Crippen molar-refractivity contribution in [3.05, 3.63) is 23.0 Å². The molecule has 0 aliphatic carbocycles. The Kier molecular flexibility index (Phi) is 4.44. The number of likely N-dealkylation sites (tertiary alicyclic amines) is 1. The highest BCUT2D eigenvalue weighted by atomic mass is 35.5. The van der Waals surface area contributed by atoms with Crippen molar-refractivity contribution < 1.29 is 9.59 Å². The largest absolute Gasteiger partial charge is 0.397 e. The number of piperidine rings is 1. The molecule has 1 fully saturated rings. The summed E-state index contributed by atoms with van der Waals surface area (Å²) in [7, 11) is 1.60. The molecule has 1 atom stereocenters. The first kappa shape index (κ1) is 14.6. The molecule has 1 aliphatic rings. The van der Waals surface area contributed by atoms with Gasteiger partial charge in [-0.25, -0.2) is 4.98 Å². The predicted octanol–water partition coefficient (Wildman–Crippen LogP) is 0.915. The topological polar surface area (TPSA) is 88.3 Å². The lowest BCUT2D eigenvalue weighted by Crippen LogP contribution is -2.44. The standard InChI is InChI=1S/C13H17ClN4O2/c1-16-12(19)8-3-2-4-18(7-8)13(20)10-5-9(15)6-17-11(10)14/h5-6,8H,2-4,7,15H2,1H3,(H,16,19). The molecular weight excluding hydrogens is 280 g/mol. The summed E-state index contributed by atoms with van der Waals surface area (Å²) in [6.07, 6.45) is 2.98. The number of nitrogens with one attached hydrogen (secondary N) is 1. The van der Waals surface area contributed by atoms with Crippen LogP contribution in [0, 0.1) is 5.92 Å². The molecule has 0 saturated carbocycles. The molecule has 6 nitrogen and oxygen atoms in total. The van der Waals surface area contributed by atoms with E-state index < -0.39 is 0 Å². The molecular formula is C13H17ClN4O2. The molecule has 0 bridgehead atoms. The lowest BCUT2D eigenvalue weighted by Gasteiger charge is -2.32. The van der Waals surface area contributed by atoms with Crippen LogP contribution in [0.1, 0.15) is 23.2 Å².